The third-order valence-electron chi connectivity index (χ3n) is 4.79. The number of hydrogen-bond acceptors (Lipinski definition) is 5. The average molecular weight is 372 g/mol. The van der Waals surface area contributed by atoms with Gasteiger partial charge in [-0.05, 0) is 65.7 Å². The fourth-order valence-corrected chi connectivity index (χ4v) is 4.19. The molecule has 1 aromatic carbocycles. The van der Waals surface area contributed by atoms with Gasteiger partial charge in [0.1, 0.15) is 16.9 Å². The Morgan fingerprint density at radius 2 is 1.89 bits per heavy atom. The molecule has 0 radical (unpaired) electrons. The Hall–Kier alpha value is -2.34. The molecule has 146 valence electrons. The lowest BCUT2D eigenvalue weighted by atomic mass is 9.79. The topological polar surface area (TPSA) is 80.6 Å². The summed E-state index contributed by atoms with van der Waals surface area (Å²) in [4.78, 5) is 25.1. The number of piperidine rings is 1. The van der Waals surface area contributed by atoms with E-state index in [2.05, 4.69) is 38.3 Å². The summed E-state index contributed by atoms with van der Waals surface area (Å²) >= 11 is 0. The molecule has 1 aromatic heterocycles. The van der Waals surface area contributed by atoms with Gasteiger partial charge in [0.15, 0.2) is 0 Å². The van der Waals surface area contributed by atoms with Crippen LogP contribution in [-0.2, 0) is 0 Å². The Balaban J connectivity index is 1.84. The lowest BCUT2D eigenvalue weighted by Crippen LogP contribution is -2.62. The highest BCUT2D eigenvalue weighted by molar-refractivity contribution is 5.96. The number of carbonyl (C=O) groups is 1. The molecule has 2 N–H and O–H groups in total. The summed E-state index contributed by atoms with van der Waals surface area (Å²) < 4.78 is 10.8. The maximum Gasteiger partial charge on any atom is 0.349 e. The van der Waals surface area contributed by atoms with Crippen molar-refractivity contribution < 1.29 is 13.9 Å². The molecular weight excluding hydrogens is 344 g/mol. The van der Waals surface area contributed by atoms with Gasteiger partial charge >= 0.3 is 5.63 Å². The fourth-order valence-electron chi connectivity index (χ4n) is 4.19. The van der Waals surface area contributed by atoms with Crippen molar-refractivity contribution in [1.29, 1.82) is 0 Å². The van der Waals surface area contributed by atoms with Gasteiger partial charge in [-0.2, -0.15) is 0 Å². The monoisotopic (exact) mass is 372 g/mol. The van der Waals surface area contributed by atoms with E-state index >= 15 is 0 Å². The molecule has 1 aliphatic heterocycles. The van der Waals surface area contributed by atoms with Gasteiger partial charge in [-0.25, -0.2) is 4.79 Å². The highest BCUT2D eigenvalue weighted by Gasteiger charge is 2.38. The number of hydrogen-bond donors (Lipinski definition) is 2. The van der Waals surface area contributed by atoms with E-state index in [4.69, 9.17) is 9.15 Å². The second-order valence-electron chi connectivity index (χ2n) is 8.55. The summed E-state index contributed by atoms with van der Waals surface area (Å²) in [6, 6.07) is 6.82. The molecule has 0 unspecified atom stereocenters. The summed E-state index contributed by atoms with van der Waals surface area (Å²) in [6.45, 7) is 10.9. The van der Waals surface area contributed by atoms with Gasteiger partial charge in [0.25, 0.3) is 5.91 Å². The van der Waals surface area contributed by atoms with Gasteiger partial charge in [-0.3, -0.25) is 4.79 Å². The normalized spacial score (nSPS) is 19.0. The molecule has 1 saturated heterocycles. The lowest BCUT2D eigenvalue weighted by molar-refractivity contribution is 0.0870. The number of nitrogens with one attached hydrogen (secondary N) is 2. The van der Waals surface area contributed by atoms with Crippen LogP contribution in [0.3, 0.4) is 0 Å². The first kappa shape index (κ1) is 19.4. The number of carbonyl (C=O) groups excluding carboxylic acids is 1. The predicted molar refractivity (Wildman–Crippen MR) is 105 cm³/mol. The summed E-state index contributed by atoms with van der Waals surface area (Å²) in [5, 5.41) is 7.29. The molecule has 2 heterocycles. The molecule has 1 fully saturated rings. The largest absolute Gasteiger partial charge is 0.494 e. The van der Waals surface area contributed by atoms with Crippen LogP contribution in [0.1, 0.15) is 57.8 Å². The highest BCUT2D eigenvalue weighted by atomic mass is 16.5. The highest BCUT2D eigenvalue weighted by Crippen LogP contribution is 2.28. The molecular formula is C21H28N2O4. The van der Waals surface area contributed by atoms with Crippen molar-refractivity contribution in [3.8, 4) is 5.75 Å². The molecule has 1 amide bonds. The minimum absolute atomic E-state index is 0.0147. The first-order chi connectivity index (χ1) is 12.6. The second kappa shape index (κ2) is 7.00. The Labute approximate surface area is 159 Å². The first-order valence-electron chi connectivity index (χ1n) is 9.39. The number of fused-ring (bicyclic) bond motifs is 1. The number of benzene rings is 1. The Morgan fingerprint density at radius 3 is 2.52 bits per heavy atom. The summed E-state index contributed by atoms with van der Waals surface area (Å²) in [7, 11) is 0. The van der Waals surface area contributed by atoms with Gasteiger partial charge < -0.3 is 19.8 Å². The molecule has 3 rings (SSSR count). The van der Waals surface area contributed by atoms with Crippen LogP contribution in [0.4, 0.5) is 0 Å². The van der Waals surface area contributed by atoms with E-state index in [0.29, 0.717) is 23.3 Å². The maximum absolute atomic E-state index is 12.8. The molecule has 6 heteroatoms. The number of rotatable bonds is 4. The lowest BCUT2D eigenvalue weighted by Gasteiger charge is -2.46. The second-order valence-corrected chi connectivity index (χ2v) is 8.55. The van der Waals surface area contributed by atoms with Gasteiger partial charge in [0.2, 0.25) is 0 Å². The van der Waals surface area contributed by atoms with Crippen LogP contribution in [0.2, 0.25) is 0 Å². The van der Waals surface area contributed by atoms with Crippen molar-refractivity contribution in [3.63, 3.8) is 0 Å². The average Bonchev–Trinajstić information content (AvgIpc) is 2.51. The zero-order valence-corrected chi connectivity index (χ0v) is 16.6. The summed E-state index contributed by atoms with van der Waals surface area (Å²) in [5.41, 5.74) is -0.388. The third-order valence-corrected chi connectivity index (χ3v) is 4.79. The van der Waals surface area contributed by atoms with Crippen molar-refractivity contribution >= 4 is 16.9 Å². The molecule has 2 aromatic rings. The van der Waals surface area contributed by atoms with Crippen molar-refractivity contribution in [2.45, 2.75) is 64.6 Å². The van der Waals surface area contributed by atoms with Crippen LogP contribution >= 0.6 is 0 Å². The van der Waals surface area contributed by atoms with Crippen LogP contribution in [-0.4, -0.2) is 29.6 Å². The molecule has 27 heavy (non-hydrogen) atoms. The quantitative estimate of drug-likeness (QED) is 0.806. The van der Waals surface area contributed by atoms with E-state index in [1.807, 2.05) is 6.92 Å². The number of ether oxygens (including phenoxy) is 1. The van der Waals surface area contributed by atoms with Crippen molar-refractivity contribution in [3.05, 3.63) is 40.2 Å². The van der Waals surface area contributed by atoms with Crippen LogP contribution in [0.25, 0.3) is 11.0 Å². The van der Waals surface area contributed by atoms with Crippen LogP contribution < -0.4 is 21.0 Å². The van der Waals surface area contributed by atoms with Crippen LogP contribution in [0.5, 0.6) is 5.75 Å². The van der Waals surface area contributed by atoms with Crippen LogP contribution in [0, 0.1) is 0 Å². The molecule has 0 atom stereocenters. The van der Waals surface area contributed by atoms with Gasteiger partial charge in [0, 0.05) is 28.6 Å². The van der Waals surface area contributed by atoms with Gasteiger partial charge in [-0.1, -0.05) is 0 Å². The Morgan fingerprint density at radius 1 is 1.22 bits per heavy atom. The predicted octanol–water partition coefficient (Wildman–Crippen LogP) is 3.23. The maximum atomic E-state index is 12.8. The van der Waals surface area contributed by atoms with Crippen molar-refractivity contribution in [2.24, 2.45) is 0 Å². The fraction of sp³-hybridized carbons (Fsp3) is 0.524. The molecule has 0 bridgehead atoms. The summed E-state index contributed by atoms with van der Waals surface area (Å²) in [5.74, 6) is 0.238. The van der Waals surface area contributed by atoms with E-state index in [9.17, 15) is 9.59 Å². The number of amides is 1. The zero-order valence-electron chi connectivity index (χ0n) is 16.6. The first-order valence-corrected chi connectivity index (χ1v) is 9.39. The Kier molecular flexibility index (Phi) is 5.04. The molecule has 6 nitrogen and oxygen atoms in total. The van der Waals surface area contributed by atoms with E-state index in [0.717, 1.165) is 12.8 Å². The van der Waals surface area contributed by atoms with Crippen LogP contribution in [0.15, 0.2) is 33.5 Å². The SMILES string of the molecule is CCOc1ccc2cc(C(=O)NC3CC(C)(C)NC(C)(C)C3)c(=O)oc2c1. The minimum Gasteiger partial charge on any atom is -0.494 e. The van der Waals surface area contributed by atoms with Crippen molar-refractivity contribution in [1.82, 2.24) is 10.6 Å². The van der Waals surface area contributed by atoms with E-state index < -0.39 is 11.5 Å². The van der Waals surface area contributed by atoms with E-state index in [1.165, 1.54) is 0 Å². The third kappa shape index (κ3) is 4.50. The van der Waals surface area contributed by atoms with Gasteiger partial charge in [-0.15, -0.1) is 0 Å². The van der Waals surface area contributed by atoms with E-state index in [1.54, 1.807) is 24.3 Å². The van der Waals surface area contributed by atoms with E-state index in [-0.39, 0.29) is 22.7 Å². The minimum atomic E-state index is -0.638. The standard InChI is InChI=1S/C21H28N2O4/c1-6-26-15-8-7-13-9-16(19(25)27-17(13)10-15)18(24)22-14-11-20(2,3)23-21(4,5)12-14/h7-10,14,23H,6,11-12H2,1-5H3,(H,22,24). The Bertz CT molecular complexity index is 898. The van der Waals surface area contributed by atoms with Gasteiger partial charge in [0.05, 0.1) is 6.61 Å². The molecule has 1 aliphatic rings. The smallest absolute Gasteiger partial charge is 0.349 e. The molecule has 0 saturated carbocycles. The molecule has 0 aliphatic carbocycles. The molecule has 0 spiro atoms. The zero-order chi connectivity index (χ0) is 19.8. The summed E-state index contributed by atoms with van der Waals surface area (Å²) in [6.07, 6.45) is 1.58. The van der Waals surface area contributed by atoms with Crippen molar-refractivity contribution in [2.75, 3.05) is 6.61 Å².